The van der Waals surface area contributed by atoms with Crippen molar-refractivity contribution in [2.75, 3.05) is 19.8 Å². The molecule has 0 aromatic carbocycles. The molecule has 5 heteroatoms. The van der Waals surface area contributed by atoms with Gasteiger partial charge in [-0.25, -0.2) is 0 Å². The SMILES string of the molecule is C=CC[C@@]1(CO)C[C@@H](O)[C@H]2[C@H](CC=C3CC4(CC[C@@]32C)OCCO4)[C@H]1O. The first-order chi connectivity index (χ1) is 12.4. The lowest BCUT2D eigenvalue weighted by Crippen LogP contribution is -2.61. The fourth-order valence-electron chi connectivity index (χ4n) is 6.39. The lowest BCUT2D eigenvalue weighted by molar-refractivity contribution is -0.205. The smallest absolute Gasteiger partial charge is 0.172 e. The van der Waals surface area contributed by atoms with E-state index in [9.17, 15) is 15.3 Å². The van der Waals surface area contributed by atoms with Gasteiger partial charge in [0.25, 0.3) is 0 Å². The zero-order valence-corrected chi connectivity index (χ0v) is 15.7. The number of aliphatic hydroxyl groups is 3. The Morgan fingerprint density at radius 3 is 2.65 bits per heavy atom. The largest absolute Gasteiger partial charge is 0.396 e. The topological polar surface area (TPSA) is 79.2 Å². The number of aliphatic hydroxyl groups excluding tert-OH is 3. The van der Waals surface area contributed by atoms with Gasteiger partial charge in [0.2, 0.25) is 0 Å². The van der Waals surface area contributed by atoms with E-state index in [4.69, 9.17) is 9.47 Å². The highest BCUT2D eigenvalue weighted by atomic mass is 16.7. The minimum atomic E-state index is -0.683. The summed E-state index contributed by atoms with van der Waals surface area (Å²) in [5.41, 5.74) is 0.468. The molecule has 0 amide bonds. The van der Waals surface area contributed by atoms with Crippen LogP contribution in [-0.2, 0) is 9.47 Å². The lowest BCUT2D eigenvalue weighted by atomic mass is 9.48. The zero-order valence-electron chi connectivity index (χ0n) is 15.7. The maximum atomic E-state index is 11.2. The van der Waals surface area contributed by atoms with Gasteiger partial charge in [0.05, 0.1) is 32.0 Å². The van der Waals surface area contributed by atoms with Gasteiger partial charge in [-0.3, -0.25) is 0 Å². The van der Waals surface area contributed by atoms with E-state index in [0.29, 0.717) is 26.1 Å². The van der Waals surface area contributed by atoms with Crippen molar-refractivity contribution in [3.05, 3.63) is 24.3 Å². The molecule has 2 saturated carbocycles. The Balaban J connectivity index is 1.66. The van der Waals surface area contributed by atoms with Crippen molar-refractivity contribution in [2.45, 2.75) is 63.4 Å². The Bertz CT molecular complexity index is 595. The molecule has 3 aliphatic carbocycles. The van der Waals surface area contributed by atoms with Crippen LogP contribution in [0.3, 0.4) is 0 Å². The number of rotatable bonds is 3. The minimum absolute atomic E-state index is 0.000688. The summed E-state index contributed by atoms with van der Waals surface area (Å²) < 4.78 is 11.8. The summed E-state index contributed by atoms with van der Waals surface area (Å²) in [7, 11) is 0. The van der Waals surface area contributed by atoms with Gasteiger partial charge in [0, 0.05) is 18.3 Å². The number of hydrogen-bond acceptors (Lipinski definition) is 5. The zero-order chi connectivity index (χ0) is 18.6. The molecule has 0 aromatic heterocycles. The Labute approximate surface area is 155 Å². The summed E-state index contributed by atoms with van der Waals surface area (Å²) in [5.74, 6) is -0.520. The van der Waals surface area contributed by atoms with Gasteiger partial charge in [0.15, 0.2) is 5.79 Å². The normalized spacial score (nSPS) is 47.2. The van der Waals surface area contributed by atoms with Crippen LogP contribution in [0.1, 0.15) is 45.4 Å². The minimum Gasteiger partial charge on any atom is -0.396 e. The van der Waals surface area contributed by atoms with E-state index in [1.165, 1.54) is 5.57 Å². The maximum absolute atomic E-state index is 11.2. The highest BCUT2D eigenvalue weighted by molar-refractivity contribution is 5.27. The molecule has 3 fully saturated rings. The Hall–Kier alpha value is -0.720. The summed E-state index contributed by atoms with van der Waals surface area (Å²) in [6, 6.07) is 0. The van der Waals surface area contributed by atoms with E-state index in [1.54, 1.807) is 6.08 Å². The quantitative estimate of drug-likeness (QED) is 0.669. The molecule has 5 nitrogen and oxygen atoms in total. The molecule has 4 rings (SSSR count). The number of allylic oxidation sites excluding steroid dienone is 2. The van der Waals surface area contributed by atoms with E-state index in [-0.39, 0.29) is 23.9 Å². The summed E-state index contributed by atoms with van der Waals surface area (Å²) in [6.45, 7) is 7.19. The molecular formula is C21H32O5. The molecule has 26 heavy (non-hydrogen) atoms. The van der Waals surface area contributed by atoms with Crippen LogP contribution in [0, 0.1) is 22.7 Å². The number of ether oxygens (including phenoxy) is 2. The van der Waals surface area contributed by atoms with Gasteiger partial charge < -0.3 is 24.8 Å². The second-order valence-electron chi connectivity index (χ2n) is 9.09. The molecule has 0 unspecified atom stereocenters. The van der Waals surface area contributed by atoms with Gasteiger partial charge in [-0.1, -0.05) is 24.6 Å². The first kappa shape index (κ1) is 18.6. The second kappa shape index (κ2) is 6.42. The summed E-state index contributed by atoms with van der Waals surface area (Å²) >= 11 is 0. The monoisotopic (exact) mass is 364 g/mol. The van der Waals surface area contributed by atoms with E-state index < -0.39 is 23.4 Å². The van der Waals surface area contributed by atoms with Gasteiger partial charge >= 0.3 is 0 Å². The third-order valence-electron chi connectivity index (χ3n) is 7.79. The molecule has 3 N–H and O–H groups in total. The van der Waals surface area contributed by atoms with E-state index >= 15 is 0 Å². The Kier molecular flexibility index (Phi) is 4.60. The van der Waals surface area contributed by atoms with E-state index in [2.05, 4.69) is 19.6 Å². The van der Waals surface area contributed by atoms with Gasteiger partial charge in [-0.2, -0.15) is 0 Å². The van der Waals surface area contributed by atoms with Crippen LogP contribution in [0.5, 0.6) is 0 Å². The number of hydrogen-bond donors (Lipinski definition) is 3. The molecule has 0 radical (unpaired) electrons. The van der Waals surface area contributed by atoms with Crippen molar-refractivity contribution in [3.8, 4) is 0 Å². The third-order valence-corrected chi connectivity index (χ3v) is 7.79. The molecule has 1 saturated heterocycles. The molecule has 4 aliphatic rings. The molecule has 0 aromatic rings. The summed E-state index contributed by atoms with van der Waals surface area (Å²) in [6.07, 6.45) is 6.94. The Morgan fingerprint density at radius 1 is 1.27 bits per heavy atom. The highest BCUT2D eigenvalue weighted by Crippen LogP contribution is 2.61. The fourth-order valence-corrected chi connectivity index (χ4v) is 6.39. The van der Waals surface area contributed by atoms with Crippen molar-refractivity contribution < 1.29 is 24.8 Å². The van der Waals surface area contributed by atoms with Crippen molar-refractivity contribution in [1.82, 2.24) is 0 Å². The molecule has 1 aliphatic heterocycles. The average molecular weight is 364 g/mol. The van der Waals surface area contributed by atoms with E-state index in [0.717, 1.165) is 25.7 Å². The number of fused-ring (bicyclic) bond motifs is 3. The van der Waals surface area contributed by atoms with Crippen LogP contribution in [0.4, 0.5) is 0 Å². The lowest BCUT2D eigenvalue weighted by Gasteiger charge is -2.59. The van der Waals surface area contributed by atoms with Crippen molar-refractivity contribution in [2.24, 2.45) is 22.7 Å². The van der Waals surface area contributed by atoms with Crippen molar-refractivity contribution in [1.29, 1.82) is 0 Å². The summed E-state index contributed by atoms with van der Waals surface area (Å²) in [5, 5.41) is 32.3. The van der Waals surface area contributed by atoms with Crippen LogP contribution >= 0.6 is 0 Å². The molecule has 146 valence electrons. The van der Waals surface area contributed by atoms with Crippen molar-refractivity contribution in [3.63, 3.8) is 0 Å². The Morgan fingerprint density at radius 2 is 2.00 bits per heavy atom. The first-order valence-corrected chi connectivity index (χ1v) is 9.95. The molecule has 1 spiro atoms. The molecular weight excluding hydrogens is 332 g/mol. The van der Waals surface area contributed by atoms with Crippen LogP contribution in [0.2, 0.25) is 0 Å². The molecule has 6 atom stereocenters. The predicted octanol–water partition coefficient (Wildman–Crippen LogP) is 2.16. The van der Waals surface area contributed by atoms with Crippen LogP contribution in [0.15, 0.2) is 24.3 Å². The second-order valence-corrected chi connectivity index (χ2v) is 9.09. The molecule has 0 bridgehead atoms. The van der Waals surface area contributed by atoms with Gasteiger partial charge in [-0.05, 0) is 42.9 Å². The fraction of sp³-hybridized carbons (Fsp3) is 0.810. The summed E-state index contributed by atoms with van der Waals surface area (Å²) in [4.78, 5) is 0. The van der Waals surface area contributed by atoms with Crippen LogP contribution in [-0.4, -0.2) is 53.1 Å². The van der Waals surface area contributed by atoms with Gasteiger partial charge in [0.1, 0.15) is 0 Å². The first-order valence-electron chi connectivity index (χ1n) is 9.95. The highest BCUT2D eigenvalue weighted by Gasteiger charge is 2.60. The average Bonchev–Trinajstić information content (AvgIpc) is 3.07. The third kappa shape index (κ3) is 2.55. The molecule has 1 heterocycles. The van der Waals surface area contributed by atoms with Crippen LogP contribution in [0.25, 0.3) is 0 Å². The van der Waals surface area contributed by atoms with E-state index in [1.807, 2.05) is 0 Å². The standard InChI is InChI=1S/C21H32O5/c1-3-6-20(13-22)12-16(23)17-15(18(20)24)5-4-14-11-21(25-9-10-26-21)8-7-19(14,17)2/h3-4,15-18,22-24H,1,5-13H2,2H3/t15-,16+,17+,18+,19-,20-/m0/s1. The maximum Gasteiger partial charge on any atom is 0.172 e. The van der Waals surface area contributed by atoms with Crippen LogP contribution < -0.4 is 0 Å². The van der Waals surface area contributed by atoms with Crippen molar-refractivity contribution >= 4 is 0 Å². The van der Waals surface area contributed by atoms with Gasteiger partial charge in [-0.15, -0.1) is 6.58 Å². The predicted molar refractivity (Wildman–Crippen MR) is 97.2 cm³/mol.